The van der Waals surface area contributed by atoms with Crippen LogP contribution in [0.3, 0.4) is 0 Å². The first-order chi connectivity index (χ1) is 12.3. The van der Waals surface area contributed by atoms with Crippen molar-refractivity contribution in [1.82, 2.24) is 10.3 Å². The lowest BCUT2D eigenvalue weighted by Gasteiger charge is -2.06. The van der Waals surface area contributed by atoms with Gasteiger partial charge >= 0.3 is 0 Å². The first-order valence-electron chi connectivity index (χ1n) is 7.50. The fraction of sp³-hybridized carbons (Fsp3) is 0.125. The highest BCUT2D eigenvalue weighted by Gasteiger charge is 2.08. The normalized spacial score (nSPS) is 11.5. The molecule has 1 aromatic heterocycles. The van der Waals surface area contributed by atoms with Crippen molar-refractivity contribution in [3.05, 3.63) is 53.1 Å². The summed E-state index contributed by atoms with van der Waals surface area (Å²) in [5.41, 5.74) is 1.58. The van der Waals surface area contributed by atoms with E-state index in [1.807, 2.05) is 12.1 Å². The lowest BCUT2D eigenvalue weighted by Crippen LogP contribution is -2.29. The second kappa shape index (κ2) is 7.58. The molecule has 7 nitrogen and oxygen atoms in total. The third-order valence-electron chi connectivity index (χ3n) is 3.49. The molecule has 1 heterocycles. The zero-order chi connectivity index (χ0) is 18.7. The lowest BCUT2D eigenvalue weighted by molar-refractivity contribution is -0.119. The van der Waals surface area contributed by atoms with Crippen LogP contribution in [0.25, 0.3) is 10.2 Å². The number of hydrogen-bond acceptors (Lipinski definition) is 6. The number of fused-ring (bicyclic) bond motifs is 1. The molecule has 3 aromatic rings. The van der Waals surface area contributed by atoms with Crippen molar-refractivity contribution in [1.29, 1.82) is 0 Å². The summed E-state index contributed by atoms with van der Waals surface area (Å²) < 4.78 is 23.3. The summed E-state index contributed by atoms with van der Waals surface area (Å²) in [6, 6.07) is 11.4. The van der Waals surface area contributed by atoms with Gasteiger partial charge in [0.25, 0.3) is 0 Å². The van der Waals surface area contributed by atoms with Crippen LogP contribution >= 0.6 is 22.9 Å². The van der Waals surface area contributed by atoms with Gasteiger partial charge in [-0.15, -0.1) is 0 Å². The van der Waals surface area contributed by atoms with Crippen LogP contribution in [0.5, 0.6) is 0 Å². The van der Waals surface area contributed by atoms with E-state index in [4.69, 9.17) is 16.7 Å². The van der Waals surface area contributed by atoms with E-state index in [1.165, 1.54) is 23.5 Å². The lowest BCUT2D eigenvalue weighted by atomic mass is 10.2. The fourth-order valence-corrected chi connectivity index (χ4v) is 3.84. The van der Waals surface area contributed by atoms with Crippen molar-refractivity contribution in [2.45, 2.75) is 11.4 Å². The Morgan fingerprint density at radius 2 is 1.92 bits per heavy atom. The molecule has 2 aromatic carbocycles. The molecule has 0 radical (unpaired) electrons. The Morgan fingerprint density at radius 3 is 2.62 bits per heavy atom. The van der Waals surface area contributed by atoms with E-state index < -0.39 is 10.0 Å². The molecule has 4 N–H and O–H groups in total. The number of carbonyl (C=O) groups is 1. The molecule has 0 spiro atoms. The Balaban J connectivity index is 1.52. The average Bonchev–Trinajstić information content (AvgIpc) is 2.99. The third kappa shape index (κ3) is 4.70. The van der Waals surface area contributed by atoms with Crippen molar-refractivity contribution in [2.75, 3.05) is 11.9 Å². The standard InChI is InChI=1S/C16H15ClN4O3S2/c17-11-3-6-13-14(7-11)25-16(21-13)20-9-15(22)19-8-10-1-4-12(5-2-10)26(18,23)24/h1-7H,8-9H2,(H,19,22)(H,20,21)(H2,18,23,24). The Hall–Kier alpha value is -2.20. The van der Waals surface area contributed by atoms with Gasteiger partial charge in [-0.1, -0.05) is 35.1 Å². The number of halogens is 1. The maximum Gasteiger partial charge on any atom is 0.239 e. The Labute approximate surface area is 159 Å². The number of hydrogen-bond donors (Lipinski definition) is 3. The van der Waals surface area contributed by atoms with Crippen molar-refractivity contribution in [2.24, 2.45) is 5.14 Å². The number of primary sulfonamides is 1. The molecule has 0 aliphatic rings. The summed E-state index contributed by atoms with van der Waals surface area (Å²) in [4.78, 5) is 16.4. The van der Waals surface area contributed by atoms with Gasteiger partial charge in [0, 0.05) is 11.6 Å². The number of anilines is 1. The molecular formula is C16H15ClN4O3S2. The molecule has 26 heavy (non-hydrogen) atoms. The molecule has 3 rings (SSSR count). The summed E-state index contributed by atoms with van der Waals surface area (Å²) in [6.45, 7) is 0.351. The van der Waals surface area contributed by atoms with E-state index in [0.29, 0.717) is 10.2 Å². The first-order valence-corrected chi connectivity index (χ1v) is 10.2. The first kappa shape index (κ1) is 18.6. The van der Waals surface area contributed by atoms with E-state index >= 15 is 0 Å². The molecule has 0 saturated carbocycles. The highest BCUT2D eigenvalue weighted by Crippen LogP contribution is 2.28. The molecule has 0 saturated heterocycles. The van der Waals surface area contributed by atoms with E-state index in [-0.39, 0.29) is 23.9 Å². The molecule has 0 bridgehead atoms. The largest absolute Gasteiger partial charge is 0.352 e. The van der Waals surface area contributed by atoms with Crippen molar-refractivity contribution in [3.63, 3.8) is 0 Å². The second-order valence-corrected chi connectivity index (χ2v) is 8.48. The van der Waals surface area contributed by atoms with E-state index in [1.54, 1.807) is 18.2 Å². The van der Waals surface area contributed by atoms with Crippen molar-refractivity contribution in [3.8, 4) is 0 Å². The van der Waals surface area contributed by atoms with Gasteiger partial charge in [-0.05, 0) is 35.9 Å². The van der Waals surface area contributed by atoms with Crippen LogP contribution in [0.15, 0.2) is 47.4 Å². The van der Waals surface area contributed by atoms with Gasteiger partial charge in [-0.3, -0.25) is 4.79 Å². The minimum Gasteiger partial charge on any atom is -0.352 e. The van der Waals surface area contributed by atoms with Crippen LogP contribution in [-0.4, -0.2) is 25.9 Å². The Bertz CT molecular complexity index is 1050. The zero-order valence-corrected chi connectivity index (χ0v) is 15.8. The van der Waals surface area contributed by atoms with E-state index in [9.17, 15) is 13.2 Å². The van der Waals surface area contributed by atoms with Crippen molar-refractivity contribution < 1.29 is 13.2 Å². The Kier molecular flexibility index (Phi) is 5.42. The molecule has 0 aliphatic heterocycles. The number of amides is 1. The van der Waals surface area contributed by atoms with Gasteiger partial charge in [0.2, 0.25) is 15.9 Å². The molecular weight excluding hydrogens is 396 g/mol. The van der Waals surface area contributed by atoms with Crippen LogP contribution < -0.4 is 15.8 Å². The van der Waals surface area contributed by atoms with Gasteiger partial charge in [-0.25, -0.2) is 18.5 Å². The van der Waals surface area contributed by atoms with Gasteiger partial charge in [-0.2, -0.15) is 0 Å². The smallest absolute Gasteiger partial charge is 0.239 e. The van der Waals surface area contributed by atoms with Crippen LogP contribution in [0.2, 0.25) is 5.02 Å². The number of rotatable bonds is 6. The molecule has 10 heteroatoms. The molecule has 136 valence electrons. The molecule has 0 unspecified atom stereocenters. The van der Waals surface area contributed by atoms with Crippen LogP contribution in [0, 0.1) is 0 Å². The number of thiazole rings is 1. The predicted molar refractivity (Wildman–Crippen MR) is 103 cm³/mol. The maximum atomic E-state index is 12.0. The minimum atomic E-state index is -3.72. The molecule has 0 fully saturated rings. The van der Waals surface area contributed by atoms with Crippen LogP contribution in [-0.2, 0) is 21.4 Å². The average molecular weight is 411 g/mol. The number of aromatic nitrogens is 1. The summed E-state index contributed by atoms with van der Waals surface area (Å²) in [6.07, 6.45) is 0. The minimum absolute atomic E-state index is 0.0326. The number of nitrogens with one attached hydrogen (secondary N) is 2. The monoisotopic (exact) mass is 410 g/mol. The number of nitrogens with two attached hydrogens (primary N) is 1. The second-order valence-electron chi connectivity index (χ2n) is 5.45. The number of sulfonamides is 1. The number of nitrogens with zero attached hydrogens (tertiary/aromatic N) is 1. The van der Waals surface area contributed by atoms with Crippen molar-refractivity contribution >= 4 is 54.2 Å². The third-order valence-corrected chi connectivity index (χ3v) is 5.63. The predicted octanol–water partition coefficient (Wildman–Crippen LogP) is 2.33. The van der Waals surface area contributed by atoms with Crippen LogP contribution in [0.4, 0.5) is 5.13 Å². The van der Waals surface area contributed by atoms with Gasteiger partial charge in [0.15, 0.2) is 5.13 Å². The molecule has 0 atom stereocenters. The van der Waals surface area contributed by atoms with E-state index in [2.05, 4.69) is 15.6 Å². The molecule has 1 amide bonds. The Morgan fingerprint density at radius 1 is 1.19 bits per heavy atom. The van der Waals surface area contributed by atoms with E-state index in [0.717, 1.165) is 15.8 Å². The highest BCUT2D eigenvalue weighted by molar-refractivity contribution is 7.89. The highest BCUT2D eigenvalue weighted by atomic mass is 35.5. The van der Waals surface area contributed by atoms with Gasteiger partial charge < -0.3 is 10.6 Å². The maximum absolute atomic E-state index is 12.0. The van der Waals surface area contributed by atoms with Gasteiger partial charge in [0.1, 0.15) is 0 Å². The fourth-order valence-electron chi connectivity index (χ4n) is 2.19. The molecule has 0 aliphatic carbocycles. The van der Waals surface area contributed by atoms with Crippen LogP contribution in [0.1, 0.15) is 5.56 Å². The number of carbonyl (C=O) groups excluding carboxylic acids is 1. The summed E-state index contributed by atoms with van der Waals surface area (Å²) in [5, 5.41) is 12.0. The summed E-state index contributed by atoms with van der Waals surface area (Å²) >= 11 is 7.36. The number of benzene rings is 2. The summed E-state index contributed by atoms with van der Waals surface area (Å²) in [5.74, 6) is -0.210. The van der Waals surface area contributed by atoms with Gasteiger partial charge in [0.05, 0.1) is 21.7 Å². The quantitative estimate of drug-likeness (QED) is 0.577. The summed E-state index contributed by atoms with van der Waals surface area (Å²) in [7, 11) is -3.72. The SMILES string of the molecule is NS(=O)(=O)c1ccc(CNC(=O)CNc2nc3ccc(Cl)cc3s2)cc1. The topological polar surface area (TPSA) is 114 Å². The zero-order valence-electron chi connectivity index (χ0n) is 13.4.